The van der Waals surface area contributed by atoms with Gasteiger partial charge in [-0.15, -0.1) is 0 Å². The van der Waals surface area contributed by atoms with Gasteiger partial charge >= 0.3 is 0 Å². The van der Waals surface area contributed by atoms with Crippen LogP contribution in [0, 0.1) is 10.1 Å². The van der Waals surface area contributed by atoms with Crippen molar-refractivity contribution in [3.8, 4) is 11.5 Å². The number of aromatic nitrogens is 2. The molecule has 4 aromatic rings. The zero-order valence-electron chi connectivity index (χ0n) is 22.1. The highest BCUT2D eigenvalue weighted by Crippen LogP contribution is 2.37. The van der Waals surface area contributed by atoms with E-state index < -0.39 is 4.92 Å². The average molecular weight is 605 g/mol. The fraction of sp³-hybridized carbons (Fsp3) is 0.300. The Labute approximate surface area is 239 Å². The molecule has 1 aliphatic carbocycles. The van der Waals surface area contributed by atoms with Crippen molar-refractivity contribution >= 4 is 38.7 Å². The number of ether oxygens (including phenoxy) is 2. The van der Waals surface area contributed by atoms with Gasteiger partial charge in [0.15, 0.2) is 11.5 Å². The van der Waals surface area contributed by atoms with Crippen LogP contribution in [-0.2, 0) is 6.61 Å². The molecular formula is C30H29BrN4O5. The van der Waals surface area contributed by atoms with E-state index in [1.165, 1.54) is 23.2 Å². The van der Waals surface area contributed by atoms with Crippen LogP contribution >= 0.6 is 15.9 Å². The van der Waals surface area contributed by atoms with E-state index >= 15 is 0 Å². The summed E-state index contributed by atoms with van der Waals surface area (Å²) in [4.78, 5) is 28.9. The fourth-order valence-electron chi connectivity index (χ4n) is 4.94. The van der Waals surface area contributed by atoms with Crippen LogP contribution in [0.3, 0.4) is 0 Å². The third-order valence-electron chi connectivity index (χ3n) is 6.93. The summed E-state index contributed by atoms with van der Waals surface area (Å²) in [6.45, 7) is 2.50. The molecule has 0 unspecified atom stereocenters. The van der Waals surface area contributed by atoms with E-state index in [9.17, 15) is 14.9 Å². The first-order chi connectivity index (χ1) is 19.4. The molecule has 10 heteroatoms. The molecule has 0 N–H and O–H groups in total. The topological polar surface area (TPSA) is 109 Å². The van der Waals surface area contributed by atoms with Crippen LogP contribution in [0.4, 0.5) is 5.69 Å². The number of hydrogen-bond donors (Lipinski definition) is 0. The molecule has 0 spiro atoms. The van der Waals surface area contributed by atoms with E-state index in [2.05, 4.69) is 21.0 Å². The molecule has 1 fully saturated rings. The zero-order valence-corrected chi connectivity index (χ0v) is 23.7. The van der Waals surface area contributed by atoms with Gasteiger partial charge in [-0.1, -0.05) is 31.4 Å². The summed E-state index contributed by atoms with van der Waals surface area (Å²) in [5, 5.41) is 16.1. The normalized spacial score (nSPS) is 14.1. The van der Waals surface area contributed by atoms with Crippen LogP contribution in [0.25, 0.3) is 10.9 Å². The Morgan fingerprint density at radius 1 is 1.10 bits per heavy atom. The Morgan fingerprint density at radius 2 is 1.85 bits per heavy atom. The number of para-hydroxylation sites is 1. The molecule has 40 heavy (non-hydrogen) atoms. The molecule has 5 rings (SSSR count). The SMILES string of the molecule is CCOc1cc(C=Nn2c(C3CCCCC3)nc3ccccc3c2=O)cc(Br)c1OCc1ccc([N+](=O)[O-])cc1. The standard InChI is InChI=1S/C30H29BrN4O5/c1-2-39-27-17-21(16-25(31)28(27)40-19-20-12-14-23(15-13-20)35(37)38)18-32-34-29(22-8-4-3-5-9-22)33-26-11-7-6-10-24(26)30(34)36/h6-7,10-18,22H,2-5,8-9,19H2,1H3. The highest BCUT2D eigenvalue weighted by Gasteiger charge is 2.22. The molecule has 1 saturated carbocycles. The van der Waals surface area contributed by atoms with Crippen molar-refractivity contribution in [3.63, 3.8) is 0 Å². The second-order valence-electron chi connectivity index (χ2n) is 9.66. The lowest BCUT2D eigenvalue weighted by Gasteiger charge is -2.22. The molecule has 0 aliphatic heterocycles. The van der Waals surface area contributed by atoms with Gasteiger partial charge in [0.25, 0.3) is 11.2 Å². The Bertz CT molecular complexity index is 1610. The van der Waals surface area contributed by atoms with Crippen LogP contribution in [0.1, 0.15) is 61.9 Å². The summed E-state index contributed by atoms with van der Waals surface area (Å²) in [5.41, 5.74) is 2.03. The summed E-state index contributed by atoms with van der Waals surface area (Å²) in [5.74, 6) is 1.90. The van der Waals surface area contributed by atoms with Gasteiger partial charge < -0.3 is 9.47 Å². The number of nitrogens with zero attached hydrogens (tertiary/aromatic N) is 4. The van der Waals surface area contributed by atoms with Crippen molar-refractivity contribution in [2.75, 3.05) is 6.61 Å². The first kappa shape index (κ1) is 27.5. The van der Waals surface area contributed by atoms with E-state index in [0.717, 1.165) is 31.2 Å². The molecule has 0 radical (unpaired) electrons. The van der Waals surface area contributed by atoms with Crippen molar-refractivity contribution in [1.82, 2.24) is 9.66 Å². The molecule has 206 valence electrons. The first-order valence-corrected chi connectivity index (χ1v) is 14.1. The fourth-order valence-corrected chi connectivity index (χ4v) is 5.51. The van der Waals surface area contributed by atoms with Crippen LogP contribution in [0.2, 0.25) is 0 Å². The molecular weight excluding hydrogens is 576 g/mol. The molecule has 0 saturated heterocycles. The first-order valence-electron chi connectivity index (χ1n) is 13.3. The Kier molecular flexibility index (Phi) is 8.54. The average Bonchev–Trinajstić information content (AvgIpc) is 2.97. The lowest BCUT2D eigenvalue weighted by atomic mass is 9.88. The van der Waals surface area contributed by atoms with Crippen molar-refractivity contribution in [3.05, 3.63) is 103 Å². The number of halogens is 1. The number of benzene rings is 3. The number of non-ortho nitro benzene ring substituents is 1. The third-order valence-corrected chi connectivity index (χ3v) is 7.52. The number of hydrogen-bond acceptors (Lipinski definition) is 7. The maximum atomic E-state index is 13.5. The smallest absolute Gasteiger partial charge is 0.282 e. The Morgan fingerprint density at radius 3 is 2.58 bits per heavy atom. The minimum absolute atomic E-state index is 0.0240. The Balaban J connectivity index is 1.46. The minimum atomic E-state index is -0.436. The van der Waals surface area contributed by atoms with Crippen molar-refractivity contribution in [1.29, 1.82) is 0 Å². The van der Waals surface area contributed by atoms with Crippen molar-refractivity contribution in [2.45, 2.75) is 51.6 Å². The quantitative estimate of drug-likeness (QED) is 0.116. The number of rotatable bonds is 9. The van der Waals surface area contributed by atoms with E-state index in [-0.39, 0.29) is 23.8 Å². The lowest BCUT2D eigenvalue weighted by molar-refractivity contribution is -0.384. The van der Waals surface area contributed by atoms with Crippen LogP contribution < -0.4 is 15.0 Å². The molecule has 3 aromatic carbocycles. The predicted molar refractivity (Wildman–Crippen MR) is 158 cm³/mol. The second kappa shape index (κ2) is 12.4. The maximum Gasteiger partial charge on any atom is 0.282 e. The third kappa shape index (κ3) is 6.07. The van der Waals surface area contributed by atoms with E-state index in [1.54, 1.807) is 24.4 Å². The minimum Gasteiger partial charge on any atom is -0.490 e. The van der Waals surface area contributed by atoms with Gasteiger partial charge in [-0.25, -0.2) is 4.98 Å². The van der Waals surface area contributed by atoms with Gasteiger partial charge in [-0.3, -0.25) is 14.9 Å². The van der Waals surface area contributed by atoms with Crippen LogP contribution in [0.5, 0.6) is 11.5 Å². The largest absolute Gasteiger partial charge is 0.490 e. The van der Waals surface area contributed by atoms with Crippen molar-refractivity contribution < 1.29 is 14.4 Å². The number of nitro benzene ring substituents is 1. The Hall–Kier alpha value is -4.05. The van der Waals surface area contributed by atoms with E-state index in [1.807, 2.05) is 37.3 Å². The van der Waals surface area contributed by atoms with Crippen molar-refractivity contribution in [2.24, 2.45) is 5.10 Å². The van der Waals surface area contributed by atoms with Gasteiger partial charge in [-0.05, 0) is 83.2 Å². The van der Waals surface area contributed by atoms with E-state index in [0.29, 0.717) is 44.9 Å². The number of nitro groups is 1. The number of fused-ring (bicyclic) bond motifs is 1. The summed E-state index contributed by atoms with van der Waals surface area (Å²) in [6.07, 6.45) is 7.04. The van der Waals surface area contributed by atoms with Crippen LogP contribution in [0.15, 0.2) is 75.0 Å². The molecule has 0 amide bonds. The summed E-state index contributed by atoms with van der Waals surface area (Å²) < 4.78 is 14.0. The summed E-state index contributed by atoms with van der Waals surface area (Å²) in [7, 11) is 0. The second-order valence-corrected chi connectivity index (χ2v) is 10.5. The molecule has 1 aliphatic rings. The van der Waals surface area contributed by atoms with Gasteiger partial charge in [-0.2, -0.15) is 9.78 Å². The van der Waals surface area contributed by atoms with Gasteiger partial charge in [0.05, 0.1) is 33.1 Å². The molecule has 1 aromatic heterocycles. The molecule has 0 bridgehead atoms. The predicted octanol–water partition coefficient (Wildman–Crippen LogP) is 6.97. The summed E-state index contributed by atoms with van der Waals surface area (Å²) in [6, 6.07) is 17.2. The molecule has 9 nitrogen and oxygen atoms in total. The summed E-state index contributed by atoms with van der Waals surface area (Å²) >= 11 is 3.59. The highest BCUT2D eigenvalue weighted by molar-refractivity contribution is 9.10. The molecule has 1 heterocycles. The van der Waals surface area contributed by atoms with Gasteiger partial charge in [0, 0.05) is 18.1 Å². The monoisotopic (exact) mass is 604 g/mol. The van der Waals surface area contributed by atoms with Gasteiger partial charge in [0.1, 0.15) is 12.4 Å². The van der Waals surface area contributed by atoms with Crippen LogP contribution in [-0.4, -0.2) is 27.4 Å². The van der Waals surface area contributed by atoms with Gasteiger partial charge in [0.2, 0.25) is 0 Å². The maximum absolute atomic E-state index is 13.5. The lowest BCUT2D eigenvalue weighted by Crippen LogP contribution is -2.25. The zero-order chi connectivity index (χ0) is 28.1. The highest BCUT2D eigenvalue weighted by atomic mass is 79.9. The van der Waals surface area contributed by atoms with E-state index in [4.69, 9.17) is 14.5 Å². The molecule has 0 atom stereocenters.